The summed E-state index contributed by atoms with van der Waals surface area (Å²) in [4.78, 5) is 21.3. The number of hydrogen-bond acceptors (Lipinski definition) is 4. The fourth-order valence-corrected chi connectivity index (χ4v) is 4.23. The molecule has 1 atom stereocenters. The second-order valence-electron chi connectivity index (χ2n) is 7.77. The van der Waals surface area contributed by atoms with Crippen molar-refractivity contribution in [1.29, 1.82) is 0 Å². The molecule has 5 heteroatoms. The summed E-state index contributed by atoms with van der Waals surface area (Å²) in [6.07, 6.45) is 0. The molecule has 0 saturated carbocycles. The Morgan fingerprint density at radius 1 is 1.04 bits per heavy atom. The van der Waals surface area contributed by atoms with E-state index in [1.54, 1.807) is 16.2 Å². The maximum atomic E-state index is 12.8. The fourth-order valence-electron chi connectivity index (χ4n) is 3.17. The van der Waals surface area contributed by atoms with E-state index < -0.39 is 0 Å². The van der Waals surface area contributed by atoms with Crippen molar-refractivity contribution < 1.29 is 4.79 Å². The lowest BCUT2D eigenvalue weighted by atomic mass is 10.0. The van der Waals surface area contributed by atoms with E-state index in [1.165, 1.54) is 11.1 Å². The van der Waals surface area contributed by atoms with E-state index >= 15 is 0 Å². The van der Waals surface area contributed by atoms with Crippen molar-refractivity contribution in [3.63, 3.8) is 0 Å². The van der Waals surface area contributed by atoms with E-state index in [0.29, 0.717) is 12.5 Å². The number of hydrogen-bond donors (Lipinski definition) is 0. The Kier molecular flexibility index (Phi) is 6.47. The average Bonchev–Trinajstić information content (AvgIpc) is 3.11. The molecule has 0 aliphatic carbocycles. The number of carbonyl (C=O) groups is 1. The molecule has 1 amide bonds. The molecule has 148 valence electrons. The van der Waals surface area contributed by atoms with Gasteiger partial charge in [-0.2, -0.15) is 0 Å². The lowest BCUT2D eigenvalue weighted by molar-refractivity contribution is -0.132. The monoisotopic (exact) mass is 395 g/mol. The van der Waals surface area contributed by atoms with Crippen molar-refractivity contribution in [2.24, 2.45) is 0 Å². The quantitative estimate of drug-likeness (QED) is 0.560. The van der Waals surface area contributed by atoms with Gasteiger partial charge in [0.25, 0.3) is 0 Å². The van der Waals surface area contributed by atoms with E-state index in [9.17, 15) is 4.79 Å². The van der Waals surface area contributed by atoms with Gasteiger partial charge < -0.3 is 4.90 Å². The predicted octanol–water partition coefficient (Wildman–Crippen LogP) is 5.07. The van der Waals surface area contributed by atoms with Crippen molar-refractivity contribution in [2.75, 3.05) is 20.6 Å². The molecule has 0 unspecified atom stereocenters. The molecule has 3 rings (SSSR count). The molecule has 0 spiro atoms. The number of benzene rings is 2. The van der Waals surface area contributed by atoms with Crippen molar-refractivity contribution in [2.45, 2.75) is 39.3 Å². The molecule has 0 radical (unpaired) electrons. The minimum atomic E-state index is -0.0383. The van der Waals surface area contributed by atoms with Crippen LogP contribution in [-0.4, -0.2) is 41.3 Å². The molecule has 0 aliphatic heterocycles. The molecule has 0 N–H and O–H groups in total. The smallest absolute Gasteiger partial charge is 0.237 e. The summed E-state index contributed by atoms with van der Waals surface area (Å²) >= 11 is 1.66. The third kappa shape index (κ3) is 4.78. The van der Waals surface area contributed by atoms with Crippen LogP contribution in [0.4, 0.5) is 0 Å². The number of fused-ring (bicyclic) bond motifs is 1. The van der Waals surface area contributed by atoms with Crippen molar-refractivity contribution in [3.8, 4) is 0 Å². The van der Waals surface area contributed by atoms with Crippen LogP contribution in [0.25, 0.3) is 10.2 Å². The molecular weight excluding hydrogens is 366 g/mol. The largest absolute Gasteiger partial charge is 0.335 e. The highest BCUT2D eigenvalue weighted by Crippen LogP contribution is 2.28. The highest BCUT2D eigenvalue weighted by Gasteiger charge is 2.21. The molecule has 28 heavy (non-hydrogen) atoms. The molecule has 0 fully saturated rings. The second-order valence-corrected chi connectivity index (χ2v) is 8.83. The van der Waals surface area contributed by atoms with Crippen LogP contribution in [0, 0.1) is 0 Å². The van der Waals surface area contributed by atoms with Gasteiger partial charge in [-0.05, 0) is 43.1 Å². The molecule has 2 aromatic carbocycles. The van der Waals surface area contributed by atoms with Gasteiger partial charge in [0.1, 0.15) is 5.01 Å². The van der Waals surface area contributed by atoms with Crippen LogP contribution >= 0.6 is 11.3 Å². The number of thiazole rings is 1. The van der Waals surface area contributed by atoms with Gasteiger partial charge in [0.15, 0.2) is 0 Å². The average molecular weight is 396 g/mol. The Morgan fingerprint density at radius 2 is 1.71 bits per heavy atom. The van der Waals surface area contributed by atoms with E-state index in [2.05, 4.69) is 49.1 Å². The topological polar surface area (TPSA) is 36.4 Å². The Hall–Kier alpha value is -2.24. The van der Waals surface area contributed by atoms with E-state index in [4.69, 9.17) is 4.98 Å². The number of nitrogens with zero attached hydrogens (tertiary/aromatic N) is 3. The molecule has 3 aromatic rings. The van der Waals surface area contributed by atoms with Crippen LogP contribution in [-0.2, 0) is 11.3 Å². The maximum absolute atomic E-state index is 12.8. The summed E-state index contributed by atoms with van der Waals surface area (Å²) in [6.45, 7) is 7.58. The lowest BCUT2D eigenvalue weighted by Gasteiger charge is -2.26. The van der Waals surface area contributed by atoms with E-state index in [0.717, 1.165) is 21.8 Å². The summed E-state index contributed by atoms with van der Waals surface area (Å²) in [5.74, 6) is 0.638. The zero-order valence-corrected chi connectivity index (χ0v) is 18.2. The minimum absolute atomic E-state index is 0.0383. The van der Waals surface area contributed by atoms with Gasteiger partial charge in [0.05, 0.1) is 22.8 Å². The summed E-state index contributed by atoms with van der Waals surface area (Å²) in [6, 6.07) is 16.7. The number of likely N-dealkylation sites (N-methyl/N-ethyl adjacent to an activating group) is 2. The minimum Gasteiger partial charge on any atom is -0.335 e. The third-order valence-corrected chi connectivity index (χ3v) is 6.35. The van der Waals surface area contributed by atoms with Crippen LogP contribution in [0.2, 0.25) is 0 Å². The van der Waals surface area contributed by atoms with Crippen LogP contribution in [0.3, 0.4) is 0 Å². The van der Waals surface area contributed by atoms with Gasteiger partial charge in [-0.25, -0.2) is 4.98 Å². The SMILES string of the molecule is CC(C)c1ccc(CN(C)CC(=O)N(C)[C@H](C)c2nc3ccccc3s2)cc1. The van der Waals surface area contributed by atoms with Gasteiger partial charge in [-0.3, -0.25) is 9.69 Å². The molecule has 1 aromatic heterocycles. The highest BCUT2D eigenvalue weighted by molar-refractivity contribution is 7.18. The zero-order chi connectivity index (χ0) is 20.3. The summed E-state index contributed by atoms with van der Waals surface area (Å²) in [5, 5.41) is 0.976. The van der Waals surface area contributed by atoms with Gasteiger partial charge in [-0.1, -0.05) is 50.2 Å². The maximum Gasteiger partial charge on any atom is 0.237 e. The normalized spacial score (nSPS) is 12.7. The van der Waals surface area contributed by atoms with Crippen LogP contribution in [0.1, 0.15) is 48.9 Å². The van der Waals surface area contributed by atoms with Crippen molar-refractivity contribution in [3.05, 3.63) is 64.7 Å². The third-order valence-electron chi connectivity index (χ3n) is 5.15. The van der Waals surface area contributed by atoms with Crippen molar-refractivity contribution in [1.82, 2.24) is 14.8 Å². The molecule has 4 nitrogen and oxygen atoms in total. The molecule has 0 bridgehead atoms. The lowest BCUT2D eigenvalue weighted by Crippen LogP contribution is -2.37. The zero-order valence-electron chi connectivity index (χ0n) is 17.3. The first-order valence-corrected chi connectivity index (χ1v) is 10.5. The van der Waals surface area contributed by atoms with Gasteiger partial charge >= 0.3 is 0 Å². The molecule has 0 aliphatic rings. The first-order chi connectivity index (χ1) is 13.3. The van der Waals surface area contributed by atoms with Crippen LogP contribution in [0.15, 0.2) is 48.5 Å². The number of amides is 1. The summed E-state index contributed by atoms with van der Waals surface area (Å²) in [5.41, 5.74) is 3.56. The Balaban J connectivity index is 1.59. The van der Waals surface area contributed by atoms with Crippen LogP contribution in [0.5, 0.6) is 0 Å². The summed E-state index contributed by atoms with van der Waals surface area (Å²) in [7, 11) is 3.86. The Morgan fingerprint density at radius 3 is 2.36 bits per heavy atom. The second kappa shape index (κ2) is 8.84. The van der Waals surface area contributed by atoms with E-state index in [1.807, 2.05) is 39.2 Å². The predicted molar refractivity (Wildman–Crippen MR) is 118 cm³/mol. The first-order valence-electron chi connectivity index (χ1n) is 9.73. The molecule has 1 heterocycles. The fraction of sp³-hybridized carbons (Fsp3) is 0.391. The number of para-hydroxylation sites is 1. The molecular formula is C23H29N3OS. The Bertz CT molecular complexity index is 899. The molecule has 0 saturated heterocycles. The van der Waals surface area contributed by atoms with Gasteiger partial charge in [0, 0.05) is 13.6 Å². The first kappa shape index (κ1) is 20.5. The highest BCUT2D eigenvalue weighted by atomic mass is 32.1. The van der Waals surface area contributed by atoms with Crippen molar-refractivity contribution >= 4 is 27.5 Å². The van der Waals surface area contributed by atoms with Crippen LogP contribution < -0.4 is 0 Å². The van der Waals surface area contributed by atoms with E-state index in [-0.39, 0.29) is 11.9 Å². The summed E-state index contributed by atoms with van der Waals surface area (Å²) < 4.78 is 1.16. The van der Waals surface area contributed by atoms with Gasteiger partial charge in [-0.15, -0.1) is 11.3 Å². The number of carbonyl (C=O) groups excluding carboxylic acids is 1. The Labute approximate surface area is 171 Å². The standard InChI is InChI=1S/C23H29N3OS/c1-16(2)19-12-10-18(11-13-19)14-25(4)15-22(27)26(5)17(3)23-24-20-8-6-7-9-21(20)28-23/h6-13,16-17H,14-15H2,1-5H3/t17-/m1/s1. The van der Waals surface area contributed by atoms with Gasteiger partial charge in [0.2, 0.25) is 5.91 Å². The number of rotatable bonds is 7. The number of aromatic nitrogens is 1.